The third-order valence-corrected chi connectivity index (χ3v) is 3.92. The highest BCUT2D eigenvalue weighted by Gasteiger charge is 2.53. The zero-order chi connectivity index (χ0) is 11.9. The van der Waals surface area contributed by atoms with E-state index in [9.17, 15) is 10.1 Å². The quantitative estimate of drug-likeness (QED) is 0.627. The van der Waals surface area contributed by atoms with Gasteiger partial charge in [-0.15, -0.1) is 0 Å². The van der Waals surface area contributed by atoms with Crippen molar-refractivity contribution in [3.63, 3.8) is 0 Å². The molecule has 0 saturated heterocycles. The minimum Gasteiger partial charge on any atom is -0.370 e. The van der Waals surface area contributed by atoms with Gasteiger partial charge in [0, 0.05) is 12.6 Å². The Balaban J connectivity index is 1.59. The molecule has 1 heterocycles. The molecule has 0 unspecified atom stereocenters. The van der Waals surface area contributed by atoms with Gasteiger partial charge in [0.25, 0.3) is 5.69 Å². The highest BCUT2D eigenvalue weighted by atomic mass is 16.6. The number of hydrogen-bond donors (Lipinski definition) is 1. The van der Waals surface area contributed by atoms with Crippen LogP contribution in [0.25, 0.3) is 0 Å². The normalized spacial score (nSPS) is 20.9. The standard InChI is InChI=1S/C12H15N3O2/c16-15(17)10-3-4-11(13-7-10)14-8-12(5-6-12)9-1-2-9/h3-4,7,9H,1-2,5-6,8H2,(H,13,14). The summed E-state index contributed by atoms with van der Waals surface area (Å²) in [5.74, 6) is 1.65. The van der Waals surface area contributed by atoms with Crippen LogP contribution in [0.15, 0.2) is 18.3 Å². The summed E-state index contributed by atoms with van der Waals surface area (Å²) in [6.07, 6.45) is 6.68. The summed E-state index contributed by atoms with van der Waals surface area (Å²) in [5, 5.41) is 13.8. The Labute approximate surface area is 99.4 Å². The summed E-state index contributed by atoms with van der Waals surface area (Å²) >= 11 is 0. The predicted octanol–water partition coefficient (Wildman–Crippen LogP) is 2.59. The molecule has 5 nitrogen and oxygen atoms in total. The maximum absolute atomic E-state index is 10.5. The Bertz CT molecular complexity index is 436. The van der Waals surface area contributed by atoms with E-state index in [1.165, 1.54) is 37.9 Å². The Morgan fingerprint density at radius 2 is 2.24 bits per heavy atom. The first-order valence-electron chi connectivity index (χ1n) is 6.04. The third kappa shape index (κ3) is 2.09. The van der Waals surface area contributed by atoms with E-state index in [4.69, 9.17) is 0 Å². The van der Waals surface area contributed by atoms with Crippen molar-refractivity contribution in [2.75, 3.05) is 11.9 Å². The van der Waals surface area contributed by atoms with Crippen LogP contribution in [0.3, 0.4) is 0 Å². The zero-order valence-corrected chi connectivity index (χ0v) is 9.56. The maximum atomic E-state index is 10.5. The average molecular weight is 233 g/mol. The maximum Gasteiger partial charge on any atom is 0.287 e. The van der Waals surface area contributed by atoms with Crippen LogP contribution in [0.4, 0.5) is 11.5 Å². The van der Waals surface area contributed by atoms with E-state index < -0.39 is 4.92 Å². The second kappa shape index (κ2) is 3.68. The van der Waals surface area contributed by atoms with Crippen LogP contribution in [-0.2, 0) is 0 Å². The van der Waals surface area contributed by atoms with Crippen molar-refractivity contribution in [3.05, 3.63) is 28.4 Å². The number of nitrogens with zero attached hydrogens (tertiary/aromatic N) is 2. The third-order valence-electron chi connectivity index (χ3n) is 3.92. The number of nitro groups is 1. The Morgan fingerprint density at radius 3 is 2.71 bits per heavy atom. The fraction of sp³-hybridized carbons (Fsp3) is 0.583. The second-order valence-corrected chi connectivity index (χ2v) is 5.15. The Kier molecular flexibility index (Phi) is 2.28. The Morgan fingerprint density at radius 1 is 1.47 bits per heavy atom. The van der Waals surface area contributed by atoms with Gasteiger partial charge in [0.05, 0.1) is 4.92 Å². The molecule has 0 aliphatic heterocycles. The fourth-order valence-electron chi connectivity index (χ4n) is 2.45. The lowest BCUT2D eigenvalue weighted by molar-refractivity contribution is -0.385. The summed E-state index contributed by atoms with van der Waals surface area (Å²) < 4.78 is 0. The van der Waals surface area contributed by atoms with Crippen molar-refractivity contribution in [1.29, 1.82) is 0 Å². The number of nitrogens with one attached hydrogen (secondary N) is 1. The van der Waals surface area contributed by atoms with Gasteiger partial charge in [0.1, 0.15) is 12.0 Å². The monoisotopic (exact) mass is 233 g/mol. The molecule has 3 rings (SSSR count). The molecule has 0 spiro atoms. The molecule has 1 N–H and O–H groups in total. The second-order valence-electron chi connectivity index (χ2n) is 5.15. The molecule has 2 aliphatic carbocycles. The molecule has 0 amide bonds. The number of anilines is 1. The van der Waals surface area contributed by atoms with E-state index >= 15 is 0 Å². The number of pyridine rings is 1. The molecule has 0 aromatic carbocycles. The lowest BCUT2D eigenvalue weighted by Gasteiger charge is -2.15. The number of aromatic nitrogens is 1. The van der Waals surface area contributed by atoms with E-state index in [1.54, 1.807) is 6.07 Å². The predicted molar refractivity (Wildman–Crippen MR) is 63.8 cm³/mol. The van der Waals surface area contributed by atoms with Crippen molar-refractivity contribution in [2.45, 2.75) is 25.7 Å². The van der Waals surface area contributed by atoms with Gasteiger partial charge in [-0.2, -0.15) is 0 Å². The molecule has 5 heteroatoms. The SMILES string of the molecule is O=[N+]([O-])c1ccc(NCC2(C3CC3)CC2)nc1. The molecule has 0 radical (unpaired) electrons. The molecule has 2 fully saturated rings. The van der Waals surface area contributed by atoms with Crippen molar-refractivity contribution in [3.8, 4) is 0 Å². The zero-order valence-electron chi connectivity index (χ0n) is 9.56. The minimum absolute atomic E-state index is 0.0406. The van der Waals surface area contributed by atoms with E-state index in [0.717, 1.165) is 18.3 Å². The van der Waals surface area contributed by atoms with E-state index in [-0.39, 0.29) is 5.69 Å². The van der Waals surface area contributed by atoms with Gasteiger partial charge in [-0.3, -0.25) is 10.1 Å². The van der Waals surface area contributed by atoms with Gasteiger partial charge in [-0.1, -0.05) is 0 Å². The molecule has 1 aromatic rings. The van der Waals surface area contributed by atoms with Gasteiger partial charge in [0.15, 0.2) is 0 Å². The first-order chi connectivity index (χ1) is 8.20. The van der Waals surface area contributed by atoms with Crippen molar-refractivity contribution in [2.24, 2.45) is 11.3 Å². The highest BCUT2D eigenvalue weighted by molar-refractivity contribution is 5.40. The van der Waals surface area contributed by atoms with Crippen LogP contribution in [0.2, 0.25) is 0 Å². The fourth-order valence-corrected chi connectivity index (χ4v) is 2.45. The van der Waals surface area contributed by atoms with Crippen LogP contribution >= 0.6 is 0 Å². The van der Waals surface area contributed by atoms with E-state index in [2.05, 4.69) is 10.3 Å². The van der Waals surface area contributed by atoms with Gasteiger partial charge in [-0.25, -0.2) is 4.98 Å². The molecule has 2 saturated carbocycles. The number of rotatable bonds is 5. The van der Waals surface area contributed by atoms with Gasteiger partial charge >= 0.3 is 0 Å². The van der Waals surface area contributed by atoms with Gasteiger partial charge in [0.2, 0.25) is 0 Å². The topological polar surface area (TPSA) is 68.1 Å². The summed E-state index contributed by atoms with van der Waals surface area (Å²) in [6.45, 7) is 0.961. The van der Waals surface area contributed by atoms with Crippen molar-refractivity contribution >= 4 is 11.5 Å². The molecule has 0 atom stereocenters. The van der Waals surface area contributed by atoms with Crippen molar-refractivity contribution in [1.82, 2.24) is 4.98 Å². The lowest BCUT2D eigenvalue weighted by Crippen LogP contribution is -2.17. The first-order valence-corrected chi connectivity index (χ1v) is 6.04. The van der Waals surface area contributed by atoms with Crippen LogP contribution in [-0.4, -0.2) is 16.5 Å². The smallest absolute Gasteiger partial charge is 0.287 e. The van der Waals surface area contributed by atoms with Crippen LogP contribution in [0, 0.1) is 21.4 Å². The molecule has 2 aliphatic rings. The van der Waals surface area contributed by atoms with Crippen LogP contribution in [0.1, 0.15) is 25.7 Å². The van der Waals surface area contributed by atoms with Crippen LogP contribution < -0.4 is 5.32 Å². The minimum atomic E-state index is -0.427. The van der Waals surface area contributed by atoms with E-state index in [1.807, 2.05) is 0 Å². The summed E-state index contributed by atoms with van der Waals surface area (Å²) in [6, 6.07) is 3.17. The molecule has 1 aromatic heterocycles. The molecule has 0 bridgehead atoms. The van der Waals surface area contributed by atoms with E-state index in [0.29, 0.717) is 5.41 Å². The molecule has 90 valence electrons. The average Bonchev–Trinajstić information content (AvgIpc) is 3.17. The Hall–Kier alpha value is -1.65. The summed E-state index contributed by atoms with van der Waals surface area (Å²) in [4.78, 5) is 14.1. The summed E-state index contributed by atoms with van der Waals surface area (Å²) in [7, 11) is 0. The summed E-state index contributed by atoms with van der Waals surface area (Å²) in [5.41, 5.74) is 0.558. The molecule has 17 heavy (non-hydrogen) atoms. The highest BCUT2D eigenvalue weighted by Crippen LogP contribution is 2.61. The lowest BCUT2D eigenvalue weighted by atomic mass is 10.0. The van der Waals surface area contributed by atoms with Crippen LogP contribution in [0.5, 0.6) is 0 Å². The first kappa shape index (κ1) is 10.5. The van der Waals surface area contributed by atoms with Gasteiger partial charge < -0.3 is 5.32 Å². The molecular weight excluding hydrogens is 218 g/mol. The largest absolute Gasteiger partial charge is 0.370 e. The molecular formula is C12H15N3O2. The van der Waals surface area contributed by atoms with Gasteiger partial charge in [-0.05, 0) is 43.1 Å². The van der Waals surface area contributed by atoms with Crippen molar-refractivity contribution < 1.29 is 4.92 Å². The number of hydrogen-bond acceptors (Lipinski definition) is 4.